The van der Waals surface area contributed by atoms with E-state index >= 15 is 0 Å². The third-order valence-corrected chi connectivity index (χ3v) is 15.3. The lowest BCUT2D eigenvalue weighted by Crippen LogP contribution is -2.45. The molecule has 6 nitrogen and oxygen atoms in total. The third-order valence-electron chi connectivity index (χ3n) is 15.3. The van der Waals surface area contributed by atoms with E-state index in [1.165, 1.54) is 276 Å². The second-order valence-corrected chi connectivity index (χ2v) is 22.5. The Morgan fingerprint density at radius 2 is 0.694 bits per heavy atom. The van der Waals surface area contributed by atoms with Crippen LogP contribution in [0.25, 0.3) is 0 Å². The standard InChI is InChI=1S/C66H127NO5/c1-3-5-7-9-11-13-15-17-18-19-25-29-32-36-40-44-48-52-56-60-66(71)72-61-57-53-49-45-41-37-33-30-27-24-22-20-21-23-26-28-31-35-39-43-47-51-55-59-65(70)67-63(62-68)64(69)58-54-50-46-42-38-34-16-14-12-10-8-6-4-2/h11,13,17-18,63-64,68-69H,3-10,12,14-16,19-62H2,1-2H3,(H,67,70)/b13-11-,18-17-. The van der Waals surface area contributed by atoms with Gasteiger partial charge in [-0.25, -0.2) is 0 Å². The maximum atomic E-state index is 12.5. The number of rotatable bonds is 61. The Kier molecular flexibility index (Phi) is 60.5. The Morgan fingerprint density at radius 1 is 0.389 bits per heavy atom. The quantitative estimate of drug-likeness (QED) is 0.0320. The number of nitrogens with one attached hydrogen (secondary N) is 1. The Morgan fingerprint density at radius 3 is 1.08 bits per heavy atom. The summed E-state index contributed by atoms with van der Waals surface area (Å²) in [5, 5.41) is 23.3. The minimum atomic E-state index is -0.663. The summed E-state index contributed by atoms with van der Waals surface area (Å²) < 4.78 is 5.50. The molecule has 0 fully saturated rings. The molecule has 0 aromatic heterocycles. The molecule has 0 aromatic rings. The van der Waals surface area contributed by atoms with Crippen LogP contribution in [-0.4, -0.2) is 47.4 Å². The van der Waals surface area contributed by atoms with Crippen LogP contribution < -0.4 is 5.32 Å². The largest absolute Gasteiger partial charge is 0.466 e. The number of esters is 1. The molecule has 0 saturated carbocycles. The molecule has 426 valence electrons. The minimum Gasteiger partial charge on any atom is -0.466 e. The molecule has 0 aliphatic heterocycles. The van der Waals surface area contributed by atoms with Gasteiger partial charge >= 0.3 is 5.97 Å². The average Bonchev–Trinajstić information content (AvgIpc) is 3.38. The molecule has 2 unspecified atom stereocenters. The van der Waals surface area contributed by atoms with E-state index in [1.54, 1.807) is 0 Å². The first-order chi connectivity index (χ1) is 35.5. The molecule has 3 N–H and O–H groups in total. The summed E-state index contributed by atoms with van der Waals surface area (Å²) in [5.74, 6) is -0.0218. The molecule has 0 aromatic carbocycles. The summed E-state index contributed by atoms with van der Waals surface area (Å²) in [4.78, 5) is 24.6. The first-order valence-corrected chi connectivity index (χ1v) is 32.6. The Balaban J connectivity index is 3.35. The van der Waals surface area contributed by atoms with Gasteiger partial charge in [-0.1, -0.05) is 314 Å². The van der Waals surface area contributed by atoms with Gasteiger partial charge in [0.1, 0.15) is 0 Å². The number of amides is 1. The van der Waals surface area contributed by atoms with Crippen molar-refractivity contribution in [1.29, 1.82) is 0 Å². The maximum absolute atomic E-state index is 12.5. The fourth-order valence-electron chi connectivity index (χ4n) is 10.3. The Labute approximate surface area is 450 Å². The van der Waals surface area contributed by atoms with Crippen LogP contribution in [0.2, 0.25) is 0 Å². The van der Waals surface area contributed by atoms with Crippen molar-refractivity contribution in [3.63, 3.8) is 0 Å². The maximum Gasteiger partial charge on any atom is 0.305 e. The van der Waals surface area contributed by atoms with Crippen LogP contribution in [0.15, 0.2) is 24.3 Å². The molecular weight excluding hydrogens is 887 g/mol. The Hall–Kier alpha value is -1.66. The van der Waals surface area contributed by atoms with E-state index in [2.05, 4.69) is 43.5 Å². The minimum absolute atomic E-state index is 0.0112. The molecule has 0 bridgehead atoms. The lowest BCUT2D eigenvalue weighted by atomic mass is 10.0. The molecule has 72 heavy (non-hydrogen) atoms. The van der Waals surface area contributed by atoms with Gasteiger partial charge in [0.2, 0.25) is 5.91 Å². The fourth-order valence-corrected chi connectivity index (χ4v) is 10.3. The smallest absolute Gasteiger partial charge is 0.305 e. The van der Waals surface area contributed by atoms with Crippen molar-refractivity contribution in [2.75, 3.05) is 13.2 Å². The van der Waals surface area contributed by atoms with Crippen LogP contribution in [0.5, 0.6) is 0 Å². The molecule has 0 aliphatic carbocycles. The lowest BCUT2D eigenvalue weighted by molar-refractivity contribution is -0.143. The van der Waals surface area contributed by atoms with Crippen LogP contribution in [0.4, 0.5) is 0 Å². The van der Waals surface area contributed by atoms with E-state index in [1.807, 2.05) is 0 Å². The molecular formula is C66H127NO5. The zero-order valence-corrected chi connectivity index (χ0v) is 48.7. The molecule has 0 spiro atoms. The van der Waals surface area contributed by atoms with Crippen LogP contribution in [-0.2, 0) is 14.3 Å². The second-order valence-electron chi connectivity index (χ2n) is 22.5. The number of ether oxygens (including phenoxy) is 1. The highest BCUT2D eigenvalue weighted by Gasteiger charge is 2.20. The highest BCUT2D eigenvalue weighted by atomic mass is 16.5. The van der Waals surface area contributed by atoms with Crippen LogP contribution in [0, 0.1) is 0 Å². The molecule has 0 aliphatic rings. The van der Waals surface area contributed by atoms with Crippen molar-refractivity contribution in [3.8, 4) is 0 Å². The molecule has 0 saturated heterocycles. The average molecular weight is 1010 g/mol. The van der Waals surface area contributed by atoms with E-state index < -0.39 is 12.1 Å². The zero-order chi connectivity index (χ0) is 52.2. The highest BCUT2D eigenvalue weighted by Crippen LogP contribution is 2.18. The van der Waals surface area contributed by atoms with Crippen molar-refractivity contribution in [3.05, 3.63) is 24.3 Å². The van der Waals surface area contributed by atoms with Gasteiger partial charge in [0.15, 0.2) is 0 Å². The first kappa shape index (κ1) is 70.3. The van der Waals surface area contributed by atoms with Gasteiger partial charge in [0, 0.05) is 12.8 Å². The Bertz CT molecular complexity index is 1120. The third kappa shape index (κ3) is 57.6. The number of allylic oxidation sites excluding steroid dienone is 4. The molecule has 0 heterocycles. The van der Waals surface area contributed by atoms with Crippen LogP contribution in [0.3, 0.4) is 0 Å². The van der Waals surface area contributed by atoms with E-state index in [-0.39, 0.29) is 18.5 Å². The van der Waals surface area contributed by atoms with E-state index in [4.69, 9.17) is 4.74 Å². The van der Waals surface area contributed by atoms with Gasteiger partial charge in [-0.3, -0.25) is 9.59 Å². The van der Waals surface area contributed by atoms with Crippen molar-refractivity contribution in [1.82, 2.24) is 5.32 Å². The molecule has 0 radical (unpaired) electrons. The normalized spacial score (nSPS) is 12.7. The van der Waals surface area contributed by atoms with Crippen LogP contribution in [0.1, 0.15) is 361 Å². The molecule has 0 rings (SSSR count). The lowest BCUT2D eigenvalue weighted by Gasteiger charge is -2.22. The number of carbonyl (C=O) groups is 2. The number of aliphatic hydroxyl groups excluding tert-OH is 2. The molecule has 1 amide bonds. The van der Waals surface area contributed by atoms with Gasteiger partial charge in [-0.05, 0) is 57.8 Å². The van der Waals surface area contributed by atoms with Gasteiger partial charge in [0.05, 0.1) is 25.4 Å². The number of unbranched alkanes of at least 4 members (excludes halogenated alkanes) is 46. The fraction of sp³-hybridized carbons (Fsp3) is 0.909. The van der Waals surface area contributed by atoms with Gasteiger partial charge < -0.3 is 20.3 Å². The SMILES string of the molecule is CCCCC/C=C\C/C=C\CCCCCCCCCCCC(=O)OCCCCCCCCCCCCCCCCCCCCCCCCCC(=O)NC(CO)C(O)CCCCCCCCCCCCCCC. The number of hydrogen-bond acceptors (Lipinski definition) is 5. The van der Waals surface area contributed by atoms with Crippen molar-refractivity contribution >= 4 is 11.9 Å². The highest BCUT2D eigenvalue weighted by molar-refractivity contribution is 5.76. The van der Waals surface area contributed by atoms with Gasteiger partial charge in [0.25, 0.3) is 0 Å². The van der Waals surface area contributed by atoms with Crippen molar-refractivity contribution in [2.24, 2.45) is 0 Å². The molecule has 6 heteroatoms. The summed E-state index contributed by atoms with van der Waals surface area (Å²) in [6.45, 7) is 4.95. The zero-order valence-electron chi connectivity index (χ0n) is 48.7. The predicted molar refractivity (Wildman–Crippen MR) is 315 cm³/mol. The monoisotopic (exact) mass is 1010 g/mol. The summed E-state index contributed by atoms with van der Waals surface area (Å²) in [6, 6.07) is -0.540. The van der Waals surface area contributed by atoms with Crippen molar-refractivity contribution < 1.29 is 24.5 Å². The number of carbonyl (C=O) groups excluding carboxylic acids is 2. The number of hydrogen-bond donors (Lipinski definition) is 3. The van der Waals surface area contributed by atoms with Gasteiger partial charge in [-0.2, -0.15) is 0 Å². The summed E-state index contributed by atoms with van der Waals surface area (Å²) in [5.41, 5.74) is 0. The summed E-state index contributed by atoms with van der Waals surface area (Å²) in [6.07, 6.45) is 76.3. The van der Waals surface area contributed by atoms with Crippen LogP contribution >= 0.6 is 0 Å². The van der Waals surface area contributed by atoms with Gasteiger partial charge in [-0.15, -0.1) is 0 Å². The summed E-state index contributed by atoms with van der Waals surface area (Å²) >= 11 is 0. The van der Waals surface area contributed by atoms with E-state index in [9.17, 15) is 19.8 Å². The van der Waals surface area contributed by atoms with E-state index in [0.29, 0.717) is 25.9 Å². The number of aliphatic hydroxyl groups is 2. The topological polar surface area (TPSA) is 95.9 Å². The van der Waals surface area contributed by atoms with Crippen molar-refractivity contribution in [2.45, 2.75) is 373 Å². The van der Waals surface area contributed by atoms with E-state index in [0.717, 1.165) is 51.4 Å². The second kappa shape index (κ2) is 61.9. The molecule has 2 atom stereocenters. The first-order valence-electron chi connectivity index (χ1n) is 32.6. The predicted octanol–water partition coefficient (Wildman–Crippen LogP) is 20.6. The summed E-state index contributed by atoms with van der Waals surface area (Å²) in [7, 11) is 0.